The van der Waals surface area contributed by atoms with Gasteiger partial charge >= 0.3 is 0 Å². The lowest BCUT2D eigenvalue weighted by molar-refractivity contribution is 0.0881. The van der Waals surface area contributed by atoms with Crippen LogP contribution < -0.4 is 15.5 Å². The molecule has 3 aromatic carbocycles. The van der Waals surface area contributed by atoms with Gasteiger partial charge in [0.15, 0.2) is 11.2 Å². The third kappa shape index (κ3) is 4.61. The number of piperidine rings is 1. The normalized spacial score (nSPS) is 15.1. The number of amides is 1. The fourth-order valence-electron chi connectivity index (χ4n) is 4.46. The summed E-state index contributed by atoms with van der Waals surface area (Å²) in [6.07, 6.45) is 1.70. The predicted octanol–water partition coefficient (Wildman–Crippen LogP) is 4.35. The molecule has 168 valence electrons. The lowest BCUT2D eigenvalue weighted by atomic mass is 10.0. The van der Waals surface area contributed by atoms with Crippen LogP contribution in [-0.4, -0.2) is 37.0 Å². The number of benzene rings is 3. The van der Waals surface area contributed by atoms with Crippen LogP contribution in [0.2, 0.25) is 0 Å². The van der Waals surface area contributed by atoms with E-state index in [1.54, 1.807) is 25.3 Å². The number of fused-ring (bicyclic) bond motifs is 2. The van der Waals surface area contributed by atoms with E-state index in [1.165, 1.54) is 22.4 Å². The van der Waals surface area contributed by atoms with Gasteiger partial charge in [0.05, 0.1) is 12.5 Å². The number of ether oxygens (including phenoxy) is 1. The first-order valence-electron chi connectivity index (χ1n) is 11.2. The van der Waals surface area contributed by atoms with E-state index in [-0.39, 0.29) is 23.1 Å². The largest absolute Gasteiger partial charge is 0.497 e. The fourth-order valence-corrected chi connectivity index (χ4v) is 4.46. The third-order valence-corrected chi connectivity index (χ3v) is 6.30. The summed E-state index contributed by atoms with van der Waals surface area (Å²) < 4.78 is 10.9. The van der Waals surface area contributed by atoms with E-state index < -0.39 is 0 Å². The Morgan fingerprint density at radius 3 is 2.61 bits per heavy atom. The summed E-state index contributed by atoms with van der Waals surface area (Å²) in [7, 11) is 1.54. The molecular formula is C27H26N2O4. The van der Waals surface area contributed by atoms with Crippen LogP contribution >= 0.6 is 0 Å². The zero-order valence-corrected chi connectivity index (χ0v) is 18.5. The Morgan fingerprint density at radius 2 is 1.82 bits per heavy atom. The van der Waals surface area contributed by atoms with Crippen molar-refractivity contribution < 1.29 is 13.9 Å². The van der Waals surface area contributed by atoms with Crippen LogP contribution in [0.5, 0.6) is 5.75 Å². The van der Waals surface area contributed by atoms with Gasteiger partial charge in [-0.1, -0.05) is 36.4 Å². The highest BCUT2D eigenvalue weighted by Crippen LogP contribution is 2.21. The summed E-state index contributed by atoms with van der Waals surface area (Å²) in [5.74, 6) is 0.242. The maximum absolute atomic E-state index is 12.8. The maximum Gasteiger partial charge on any atom is 0.287 e. The molecule has 0 bridgehead atoms. The number of hydrogen-bond donors (Lipinski definition) is 1. The molecule has 1 N–H and O–H groups in total. The molecule has 0 unspecified atom stereocenters. The van der Waals surface area contributed by atoms with Crippen molar-refractivity contribution in [3.63, 3.8) is 0 Å². The van der Waals surface area contributed by atoms with Gasteiger partial charge in [0, 0.05) is 37.8 Å². The van der Waals surface area contributed by atoms with Crippen LogP contribution in [0.1, 0.15) is 29.0 Å². The molecule has 0 saturated carbocycles. The minimum Gasteiger partial charge on any atom is -0.497 e. The molecule has 0 aliphatic carbocycles. The van der Waals surface area contributed by atoms with E-state index in [4.69, 9.17) is 9.15 Å². The standard InChI is InChI=1S/C27H26N2O4/c1-32-22-8-9-23-24(30)16-26(33-25(23)15-22)27(31)28-21-10-12-29(13-11-21)17-18-6-7-19-4-2-3-5-20(19)14-18/h2-9,14-16,21H,10-13,17H2,1H3,(H,28,31). The molecule has 0 atom stereocenters. The van der Waals surface area contributed by atoms with Gasteiger partial charge < -0.3 is 14.5 Å². The molecule has 1 aromatic heterocycles. The monoisotopic (exact) mass is 442 g/mol. The smallest absolute Gasteiger partial charge is 0.287 e. The molecule has 33 heavy (non-hydrogen) atoms. The van der Waals surface area contributed by atoms with Crippen LogP contribution in [0.4, 0.5) is 0 Å². The van der Waals surface area contributed by atoms with E-state index in [9.17, 15) is 9.59 Å². The minimum atomic E-state index is -0.357. The molecule has 5 rings (SSSR count). The van der Waals surface area contributed by atoms with Crippen LogP contribution in [0.3, 0.4) is 0 Å². The molecule has 2 heterocycles. The quantitative estimate of drug-likeness (QED) is 0.498. The molecule has 4 aromatic rings. The van der Waals surface area contributed by atoms with Crippen molar-refractivity contribution in [1.29, 1.82) is 0 Å². The highest BCUT2D eigenvalue weighted by molar-refractivity contribution is 5.93. The molecule has 0 radical (unpaired) electrons. The number of carbonyl (C=O) groups excluding carboxylic acids is 1. The van der Waals surface area contributed by atoms with Crippen molar-refractivity contribution in [2.24, 2.45) is 0 Å². The van der Waals surface area contributed by atoms with Crippen molar-refractivity contribution in [1.82, 2.24) is 10.2 Å². The molecule has 1 fully saturated rings. The Kier molecular flexibility index (Phi) is 5.84. The topological polar surface area (TPSA) is 71.8 Å². The fraction of sp³-hybridized carbons (Fsp3) is 0.259. The molecule has 6 heteroatoms. The maximum atomic E-state index is 12.8. The van der Waals surface area contributed by atoms with Gasteiger partial charge in [-0.15, -0.1) is 0 Å². The Hall–Kier alpha value is -3.64. The zero-order chi connectivity index (χ0) is 22.8. The average Bonchev–Trinajstić information content (AvgIpc) is 2.84. The number of methoxy groups -OCH3 is 1. The summed E-state index contributed by atoms with van der Waals surface area (Å²) in [6.45, 7) is 2.69. The molecule has 1 aliphatic rings. The number of likely N-dealkylation sites (tertiary alicyclic amines) is 1. The van der Waals surface area contributed by atoms with Gasteiger partial charge in [0.2, 0.25) is 0 Å². The van der Waals surface area contributed by atoms with Crippen molar-refractivity contribution in [3.05, 3.63) is 88.3 Å². The van der Waals surface area contributed by atoms with Crippen molar-refractivity contribution in [2.45, 2.75) is 25.4 Å². The second kappa shape index (κ2) is 9.08. The number of rotatable bonds is 5. The SMILES string of the molecule is COc1ccc2c(=O)cc(C(=O)NC3CCN(Cc4ccc5ccccc5c4)CC3)oc2c1. The Morgan fingerprint density at radius 1 is 1.03 bits per heavy atom. The van der Waals surface area contributed by atoms with Gasteiger partial charge in [-0.2, -0.15) is 0 Å². The van der Waals surface area contributed by atoms with Crippen molar-refractivity contribution in [2.75, 3.05) is 20.2 Å². The zero-order valence-electron chi connectivity index (χ0n) is 18.5. The summed E-state index contributed by atoms with van der Waals surface area (Å²) in [5, 5.41) is 5.97. The second-order valence-electron chi connectivity index (χ2n) is 8.54. The van der Waals surface area contributed by atoms with Crippen LogP contribution in [0.25, 0.3) is 21.7 Å². The molecular weight excluding hydrogens is 416 g/mol. The first-order valence-corrected chi connectivity index (χ1v) is 11.2. The summed E-state index contributed by atoms with van der Waals surface area (Å²) >= 11 is 0. The van der Waals surface area contributed by atoms with E-state index in [0.717, 1.165) is 32.5 Å². The second-order valence-corrected chi connectivity index (χ2v) is 8.54. The molecule has 1 saturated heterocycles. The number of carbonyl (C=O) groups is 1. The molecule has 1 aliphatic heterocycles. The first kappa shape index (κ1) is 21.2. The van der Waals surface area contributed by atoms with Crippen LogP contribution in [0, 0.1) is 0 Å². The Balaban J connectivity index is 1.21. The van der Waals surface area contributed by atoms with Gasteiger partial charge in [0.1, 0.15) is 11.3 Å². The first-order chi connectivity index (χ1) is 16.1. The van der Waals surface area contributed by atoms with E-state index in [2.05, 4.69) is 52.7 Å². The lowest BCUT2D eigenvalue weighted by Crippen LogP contribution is -2.44. The van der Waals surface area contributed by atoms with Crippen LogP contribution in [0.15, 0.2) is 75.9 Å². The average molecular weight is 443 g/mol. The Labute approximate surface area is 191 Å². The molecule has 0 spiro atoms. The van der Waals surface area contributed by atoms with Gasteiger partial charge in [-0.25, -0.2) is 0 Å². The number of nitrogens with one attached hydrogen (secondary N) is 1. The van der Waals surface area contributed by atoms with E-state index >= 15 is 0 Å². The third-order valence-electron chi connectivity index (χ3n) is 6.30. The molecule has 1 amide bonds. The van der Waals surface area contributed by atoms with Gasteiger partial charge in [-0.05, 0) is 47.4 Å². The summed E-state index contributed by atoms with van der Waals surface area (Å²) in [6, 6.07) is 21.3. The van der Waals surface area contributed by atoms with Crippen molar-refractivity contribution >= 4 is 27.6 Å². The number of hydrogen-bond acceptors (Lipinski definition) is 5. The van der Waals surface area contributed by atoms with Gasteiger partial charge in [0.25, 0.3) is 5.91 Å². The summed E-state index contributed by atoms with van der Waals surface area (Å²) in [5.41, 5.74) is 1.40. The van der Waals surface area contributed by atoms with E-state index in [0.29, 0.717) is 16.7 Å². The van der Waals surface area contributed by atoms with E-state index in [1.807, 2.05) is 0 Å². The predicted molar refractivity (Wildman–Crippen MR) is 129 cm³/mol. The van der Waals surface area contributed by atoms with Crippen molar-refractivity contribution in [3.8, 4) is 5.75 Å². The van der Waals surface area contributed by atoms with Crippen LogP contribution in [-0.2, 0) is 6.54 Å². The minimum absolute atomic E-state index is 0.0272. The highest BCUT2D eigenvalue weighted by Gasteiger charge is 2.23. The molecule has 6 nitrogen and oxygen atoms in total. The lowest BCUT2D eigenvalue weighted by Gasteiger charge is -2.32. The Bertz CT molecular complexity index is 1370. The number of nitrogens with zero attached hydrogens (tertiary/aromatic N) is 1. The highest BCUT2D eigenvalue weighted by atomic mass is 16.5. The van der Waals surface area contributed by atoms with Gasteiger partial charge in [-0.3, -0.25) is 14.5 Å². The summed E-state index contributed by atoms with van der Waals surface area (Å²) in [4.78, 5) is 27.6.